The molecule has 2 nitrogen and oxygen atoms in total. The molecular formula is C17H30N2. The van der Waals surface area contributed by atoms with E-state index in [2.05, 4.69) is 77.1 Å². The van der Waals surface area contributed by atoms with Crippen molar-refractivity contribution in [2.24, 2.45) is 5.41 Å². The molecule has 0 radical (unpaired) electrons. The zero-order valence-corrected chi connectivity index (χ0v) is 13.7. The van der Waals surface area contributed by atoms with Gasteiger partial charge in [-0.3, -0.25) is 0 Å². The summed E-state index contributed by atoms with van der Waals surface area (Å²) in [6, 6.07) is 7.22. The lowest BCUT2D eigenvalue weighted by Crippen LogP contribution is -2.40. The predicted octanol–water partition coefficient (Wildman–Crippen LogP) is 3.76. The smallest absolute Gasteiger partial charge is 0.0393 e. The number of hydrogen-bond acceptors (Lipinski definition) is 2. The van der Waals surface area contributed by atoms with E-state index in [-0.39, 0.29) is 0 Å². The highest BCUT2D eigenvalue weighted by atomic mass is 15.1. The predicted molar refractivity (Wildman–Crippen MR) is 86.1 cm³/mol. The summed E-state index contributed by atoms with van der Waals surface area (Å²) in [5, 5.41) is 3.45. The first-order chi connectivity index (χ1) is 8.75. The highest BCUT2D eigenvalue weighted by Gasteiger charge is 2.23. The first-order valence-corrected chi connectivity index (χ1v) is 7.21. The second-order valence-electron chi connectivity index (χ2n) is 6.71. The fourth-order valence-corrected chi connectivity index (χ4v) is 2.69. The number of aryl methyl sites for hydroxylation is 2. The van der Waals surface area contributed by atoms with Crippen molar-refractivity contribution in [2.75, 3.05) is 25.5 Å². The molecule has 1 rings (SSSR count). The van der Waals surface area contributed by atoms with Crippen LogP contribution in [0.5, 0.6) is 0 Å². The zero-order valence-electron chi connectivity index (χ0n) is 13.7. The SMILES string of the molecule is CNC(CCN(C)c1ccc(C)cc1C)C(C)(C)C. The van der Waals surface area contributed by atoms with E-state index in [1.807, 2.05) is 0 Å². The molecule has 0 fully saturated rings. The van der Waals surface area contributed by atoms with Gasteiger partial charge in [-0.05, 0) is 44.4 Å². The minimum atomic E-state index is 0.303. The number of nitrogens with zero attached hydrogens (tertiary/aromatic N) is 1. The van der Waals surface area contributed by atoms with E-state index in [1.54, 1.807) is 0 Å². The molecule has 0 saturated heterocycles. The fraction of sp³-hybridized carbons (Fsp3) is 0.647. The molecule has 1 N–H and O–H groups in total. The van der Waals surface area contributed by atoms with E-state index in [0.29, 0.717) is 11.5 Å². The third kappa shape index (κ3) is 4.54. The molecule has 0 spiro atoms. The first kappa shape index (κ1) is 16.0. The molecule has 2 heteroatoms. The Kier molecular flexibility index (Phi) is 5.42. The molecule has 0 saturated carbocycles. The number of rotatable bonds is 5. The van der Waals surface area contributed by atoms with Crippen LogP contribution < -0.4 is 10.2 Å². The topological polar surface area (TPSA) is 15.3 Å². The summed E-state index contributed by atoms with van der Waals surface area (Å²) >= 11 is 0. The lowest BCUT2D eigenvalue weighted by atomic mass is 9.85. The Hall–Kier alpha value is -1.02. The van der Waals surface area contributed by atoms with Crippen molar-refractivity contribution in [3.63, 3.8) is 0 Å². The molecule has 1 aromatic rings. The van der Waals surface area contributed by atoms with Crippen LogP contribution in [0, 0.1) is 19.3 Å². The monoisotopic (exact) mass is 262 g/mol. The number of hydrogen-bond donors (Lipinski definition) is 1. The van der Waals surface area contributed by atoms with Crippen LogP contribution in [0.15, 0.2) is 18.2 Å². The second kappa shape index (κ2) is 6.42. The summed E-state index contributed by atoms with van der Waals surface area (Å²) in [4.78, 5) is 2.37. The molecule has 0 heterocycles. The van der Waals surface area contributed by atoms with Gasteiger partial charge in [0, 0.05) is 25.3 Å². The van der Waals surface area contributed by atoms with E-state index in [1.165, 1.54) is 16.8 Å². The van der Waals surface area contributed by atoms with E-state index in [4.69, 9.17) is 0 Å². The summed E-state index contributed by atoms with van der Waals surface area (Å²) in [6.07, 6.45) is 1.16. The molecule has 0 amide bonds. The van der Waals surface area contributed by atoms with Crippen LogP contribution in [0.25, 0.3) is 0 Å². The Morgan fingerprint density at radius 3 is 2.32 bits per heavy atom. The van der Waals surface area contributed by atoms with Gasteiger partial charge in [0.15, 0.2) is 0 Å². The minimum absolute atomic E-state index is 0.303. The van der Waals surface area contributed by atoms with Crippen molar-refractivity contribution < 1.29 is 0 Å². The van der Waals surface area contributed by atoms with Crippen molar-refractivity contribution in [1.29, 1.82) is 0 Å². The standard InChI is InChI=1S/C17H30N2/c1-13-8-9-15(14(2)12-13)19(7)11-10-16(18-6)17(3,4)5/h8-9,12,16,18H,10-11H2,1-7H3. The maximum atomic E-state index is 3.45. The Balaban J connectivity index is 2.67. The highest BCUT2D eigenvalue weighted by molar-refractivity contribution is 5.53. The van der Waals surface area contributed by atoms with E-state index in [0.717, 1.165) is 13.0 Å². The van der Waals surface area contributed by atoms with Gasteiger partial charge >= 0.3 is 0 Å². The molecule has 108 valence electrons. The molecule has 0 bridgehead atoms. The van der Waals surface area contributed by atoms with E-state index in [9.17, 15) is 0 Å². The molecule has 1 atom stereocenters. The summed E-state index contributed by atoms with van der Waals surface area (Å²) in [5.74, 6) is 0. The average molecular weight is 262 g/mol. The fourth-order valence-electron chi connectivity index (χ4n) is 2.69. The van der Waals surface area contributed by atoms with E-state index >= 15 is 0 Å². The molecule has 0 aromatic heterocycles. The Bertz CT molecular complexity index is 404. The van der Waals surface area contributed by atoms with Crippen LogP contribution >= 0.6 is 0 Å². The number of nitrogens with one attached hydrogen (secondary N) is 1. The summed E-state index contributed by atoms with van der Waals surface area (Å²) in [7, 11) is 4.25. The van der Waals surface area contributed by atoms with Crippen molar-refractivity contribution in [3.8, 4) is 0 Å². The lowest BCUT2D eigenvalue weighted by molar-refractivity contribution is 0.270. The average Bonchev–Trinajstić information content (AvgIpc) is 2.27. The molecular weight excluding hydrogens is 232 g/mol. The van der Waals surface area contributed by atoms with Crippen LogP contribution in [0.2, 0.25) is 0 Å². The van der Waals surface area contributed by atoms with Crippen LogP contribution in [0.3, 0.4) is 0 Å². The maximum Gasteiger partial charge on any atom is 0.0393 e. The van der Waals surface area contributed by atoms with Crippen LogP contribution in [-0.4, -0.2) is 26.7 Å². The van der Waals surface area contributed by atoms with Crippen molar-refractivity contribution >= 4 is 5.69 Å². The van der Waals surface area contributed by atoms with Gasteiger partial charge in [-0.2, -0.15) is 0 Å². The molecule has 1 unspecified atom stereocenters. The van der Waals surface area contributed by atoms with Crippen LogP contribution in [0.1, 0.15) is 38.3 Å². The second-order valence-corrected chi connectivity index (χ2v) is 6.71. The van der Waals surface area contributed by atoms with Crippen molar-refractivity contribution in [2.45, 2.75) is 47.1 Å². The van der Waals surface area contributed by atoms with Gasteiger partial charge < -0.3 is 10.2 Å². The largest absolute Gasteiger partial charge is 0.374 e. The molecule has 0 aliphatic heterocycles. The quantitative estimate of drug-likeness (QED) is 0.869. The minimum Gasteiger partial charge on any atom is -0.374 e. The van der Waals surface area contributed by atoms with Gasteiger partial charge in [0.05, 0.1) is 0 Å². The van der Waals surface area contributed by atoms with Gasteiger partial charge in [-0.15, -0.1) is 0 Å². The van der Waals surface area contributed by atoms with Gasteiger partial charge in [-0.1, -0.05) is 38.5 Å². The van der Waals surface area contributed by atoms with Crippen LogP contribution in [0.4, 0.5) is 5.69 Å². The maximum absolute atomic E-state index is 3.45. The Morgan fingerprint density at radius 2 is 1.84 bits per heavy atom. The third-order valence-corrected chi connectivity index (χ3v) is 3.91. The Morgan fingerprint density at radius 1 is 1.21 bits per heavy atom. The summed E-state index contributed by atoms with van der Waals surface area (Å²) in [5.41, 5.74) is 4.34. The van der Waals surface area contributed by atoms with Gasteiger partial charge in [0.25, 0.3) is 0 Å². The first-order valence-electron chi connectivity index (χ1n) is 7.21. The molecule has 0 aliphatic carbocycles. The summed E-state index contributed by atoms with van der Waals surface area (Å²) < 4.78 is 0. The van der Waals surface area contributed by atoms with E-state index < -0.39 is 0 Å². The van der Waals surface area contributed by atoms with Crippen LogP contribution in [-0.2, 0) is 0 Å². The number of anilines is 1. The normalized spacial score (nSPS) is 13.4. The Labute approximate surface area is 119 Å². The van der Waals surface area contributed by atoms with Gasteiger partial charge in [0.1, 0.15) is 0 Å². The van der Waals surface area contributed by atoms with Gasteiger partial charge in [-0.25, -0.2) is 0 Å². The van der Waals surface area contributed by atoms with Gasteiger partial charge in [0.2, 0.25) is 0 Å². The molecule has 19 heavy (non-hydrogen) atoms. The number of benzene rings is 1. The van der Waals surface area contributed by atoms with Crippen molar-refractivity contribution in [1.82, 2.24) is 5.32 Å². The van der Waals surface area contributed by atoms with Crippen molar-refractivity contribution in [3.05, 3.63) is 29.3 Å². The molecule has 0 aliphatic rings. The molecule has 1 aromatic carbocycles. The summed E-state index contributed by atoms with van der Waals surface area (Å²) in [6.45, 7) is 12.3. The lowest BCUT2D eigenvalue weighted by Gasteiger charge is -2.32. The highest BCUT2D eigenvalue weighted by Crippen LogP contribution is 2.24. The third-order valence-electron chi connectivity index (χ3n) is 3.91. The zero-order chi connectivity index (χ0) is 14.6.